The lowest BCUT2D eigenvalue weighted by atomic mass is 9.81. The molecule has 118 valence electrons. The molecule has 1 heterocycles. The molecule has 1 aromatic rings. The second kappa shape index (κ2) is 6.32. The summed E-state index contributed by atoms with van der Waals surface area (Å²) in [4.78, 5) is 25.3. The molecular formula is C17H21NO3S. The molecule has 1 spiro atoms. The van der Waals surface area contributed by atoms with Crippen molar-refractivity contribution in [2.45, 2.75) is 36.5 Å². The lowest BCUT2D eigenvalue weighted by Gasteiger charge is -2.42. The average molecular weight is 319 g/mol. The SMILES string of the molecule is COC(=O)CN1C(=O)CSC12CCC(c1ccccc1)CC2. The second-order valence-corrected chi connectivity index (χ2v) is 7.31. The number of methoxy groups -OCH3 is 1. The van der Waals surface area contributed by atoms with Gasteiger partial charge in [0, 0.05) is 0 Å². The number of nitrogens with zero attached hydrogens (tertiary/aromatic N) is 1. The van der Waals surface area contributed by atoms with Gasteiger partial charge in [0.15, 0.2) is 0 Å². The van der Waals surface area contributed by atoms with Crippen molar-refractivity contribution in [3.8, 4) is 0 Å². The number of thioether (sulfide) groups is 1. The molecule has 0 unspecified atom stereocenters. The molecule has 5 heteroatoms. The summed E-state index contributed by atoms with van der Waals surface area (Å²) in [6.07, 6.45) is 4.00. The van der Waals surface area contributed by atoms with Crippen LogP contribution in [-0.4, -0.2) is 41.1 Å². The molecule has 22 heavy (non-hydrogen) atoms. The van der Waals surface area contributed by atoms with Crippen LogP contribution in [0, 0.1) is 0 Å². The molecule has 2 aliphatic rings. The molecule has 4 nitrogen and oxygen atoms in total. The van der Waals surface area contributed by atoms with E-state index in [1.165, 1.54) is 12.7 Å². The smallest absolute Gasteiger partial charge is 0.325 e. The number of carbonyl (C=O) groups is 2. The van der Waals surface area contributed by atoms with Gasteiger partial charge in [-0.2, -0.15) is 0 Å². The van der Waals surface area contributed by atoms with Crippen LogP contribution >= 0.6 is 11.8 Å². The Morgan fingerprint density at radius 1 is 1.32 bits per heavy atom. The molecule has 0 aromatic heterocycles. The van der Waals surface area contributed by atoms with E-state index in [0.717, 1.165) is 25.7 Å². The zero-order chi connectivity index (χ0) is 15.6. The Morgan fingerprint density at radius 3 is 2.64 bits per heavy atom. The molecule has 0 atom stereocenters. The van der Waals surface area contributed by atoms with Gasteiger partial charge in [-0.05, 0) is 37.2 Å². The summed E-state index contributed by atoms with van der Waals surface area (Å²) in [5.41, 5.74) is 1.38. The zero-order valence-corrected chi connectivity index (χ0v) is 13.6. The standard InChI is InChI=1S/C17H21NO3S/c1-21-16(20)11-18-15(19)12-22-17(18)9-7-14(8-10-17)13-5-3-2-4-6-13/h2-6,14H,7-12H2,1H3. The third kappa shape index (κ3) is 2.86. The Bertz CT molecular complexity index is 552. The van der Waals surface area contributed by atoms with Crippen molar-refractivity contribution in [2.75, 3.05) is 19.4 Å². The minimum atomic E-state index is -0.333. The van der Waals surface area contributed by atoms with Crippen LogP contribution in [0.3, 0.4) is 0 Å². The topological polar surface area (TPSA) is 46.6 Å². The molecule has 3 rings (SSSR count). The van der Waals surface area contributed by atoms with Crippen LogP contribution < -0.4 is 0 Å². The summed E-state index contributed by atoms with van der Waals surface area (Å²) in [7, 11) is 1.37. The fraction of sp³-hybridized carbons (Fsp3) is 0.529. The first kappa shape index (κ1) is 15.4. The monoisotopic (exact) mass is 319 g/mol. The van der Waals surface area contributed by atoms with Gasteiger partial charge in [-0.25, -0.2) is 0 Å². The predicted octanol–water partition coefficient (Wildman–Crippen LogP) is 2.79. The minimum Gasteiger partial charge on any atom is -0.468 e. The Balaban J connectivity index is 1.70. The summed E-state index contributed by atoms with van der Waals surface area (Å²) >= 11 is 1.70. The zero-order valence-electron chi connectivity index (χ0n) is 12.8. The first-order valence-electron chi connectivity index (χ1n) is 7.71. The van der Waals surface area contributed by atoms with E-state index < -0.39 is 0 Å². The highest BCUT2D eigenvalue weighted by Crippen LogP contribution is 2.50. The van der Waals surface area contributed by atoms with Crippen molar-refractivity contribution in [3.63, 3.8) is 0 Å². The van der Waals surface area contributed by atoms with E-state index in [2.05, 4.69) is 24.3 Å². The van der Waals surface area contributed by atoms with Gasteiger partial charge in [-0.15, -0.1) is 11.8 Å². The Morgan fingerprint density at radius 2 is 2.00 bits per heavy atom. The van der Waals surface area contributed by atoms with Crippen molar-refractivity contribution < 1.29 is 14.3 Å². The molecular weight excluding hydrogens is 298 g/mol. The fourth-order valence-corrected chi connectivity index (χ4v) is 4.94. The summed E-state index contributed by atoms with van der Waals surface area (Å²) < 4.78 is 4.74. The molecule has 1 amide bonds. The maximum absolute atomic E-state index is 12.1. The van der Waals surface area contributed by atoms with Gasteiger partial charge in [-0.3, -0.25) is 9.59 Å². The average Bonchev–Trinajstić information content (AvgIpc) is 2.86. The van der Waals surface area contributed by atoms with E-state index in [0.29, 0.717) is 11.7 Å². The van der Waals surface area contributed by atoms with Gasteiger partial charge in [0.05, 0.1) is 17.7 Å². The summed E-state index contributed by atoms with van der Waals surface area (Å²) in [5.74, 6) is 0.768. The molecule has 0 radical (unpaired) electrons. The number of esters is 1. The predicted molar refractivity (Wildman–Crippen MR) is 86.6 cm³/mol. The molecule has 2 fully saturated rings. The normalized spacial score (nSPS) is 28.1. The number of amides is 1. The molecule has 1 saturated carbocycles. The lowest BCUT2D eigenvalue weighted by Crippen LogP contribution is -2.48. The highest BCUT2D eigenvalue weighted by atomic mass is 32.2. The van der Waals surface area contributed by atoms with E-state index in [-0.39, 0.29) is 23.3 Å². The third-order valence-corrected chi connectivity index (χ3v) is 6.37. The number of benzene rings is 1. The van der Waals surface area contributed by atoms with Gasteiger partial charge in [0.1, 0.15) is 6.54 Å². The van der Waals surface area contributed by atoms with Gasteiger partial charge >= 0.3 is 5.97 Å². The number of rotatable bonds is 3. The van der Waals surface area contributed by atoms with E-state index in [9.17, 15) is 9.59 Å². The number of ether oxygens (including phenoxy) is 1. The van der Waals surface area contributed by atoms with Gasteiger partial charge in [-0.1, -0.05) is 30.3 Å². The van der Waals surface area contributed by atoms with Crippen molar-refractivity contribution >= 4 is 23.6 Å². The van der Waals surface area contributed by atoms with Crippen LogP contribution in [0.1, 0.15) is 37.2 Å². The highest BCUT2D eigenvalue weighted by Gasteiger charge is 2.48. The van der Waals surface area contributed by atoms with Crippen LogP contribution in [0.5, 0.6) is 0 Å². The van der Waals surface area contributed by atoms with E-state index >= 15 is 0 Å². The Labute approximate surface area is 135 Å². The number of hydrogen-bond acceptors (Lipinski definition) is 4. The number of carbonyl (C=O) groups excluding carboxylic acids is 2. The first-order chi connectivity index (χ1) is 10.6. The van der Waals surface area contributed by atoms with Crippen molar-refractivity contribution in [2.24, 2.45) is 0 Å². The lowest BCUT2D eigenvalue weighted by molar-refractivity contribution is -0.148. The summed E-state index contributed by atoms with van der Waals surface area (Å²) in [5, 5.41) is 0. The van der Waals surface area contributed by atoms with Crippen LogP contribution in [-0.2, 0) is 14.3 Å². The highest BCUT2D eigenvalue weighted by molar-refractivity contribution is 8.01. The number of hydrogen-bond donors (Lipinski definition) is 0. The minimum absolute atomic E-state index is 0.0635. The maximum atomic E-state index is 12.1. The van der Waals surface area contributed by atoms with Gasteiger partial charge < -0.3 is 9.64 Å². The fourth-order valence-electron chi connectivity index (χ4n) is 3.55. The first-order valence-corrected chi connectivity index (χ1v) is 8.69. The quantitative estimate of drug-likeness (QED) is 0.804. The van der Waals surface area contributed by atoms with E-state index in [1.807, 2.05) is 6.07 Å². The summed E-state index contributed by atoms with van der Waals surface area (Å²) in [6, 6.07) is 10.6. The second-order valence-electron chi connectivity index (χ2n) is 5.98. The van der Waals surface area contributed by atoms with Crippen LogP contribution in [0.25, 0.3) is 0 Å². The Hall–Kier alpha value is -1.49. The third-order valence-electron chi connectivity index (χ3n) is 4.81. The van der Waals surface area contributed by atoms with Gasteiger partial charge in [0.2, 0.25) is 5.91 Å². The van der Waals surface area contributed by atoms with Crippen LogP contribution in [0.4, 0.5) is 0 Å². The van der Waals surface area contributed by atoms with Gasteiger partial charge in [0.25, 0.3) is 0 Å². The van der Waals surface area contributed by atoms with E-state index in [4.69, 9.17) is 4.74 Å². The van der Waals surface area contributed by atoms with Crippen molar-refractivity contribution in [3.05, 3.63) is 35.9 Å². The molecule has 1 saturated heterocycles. The maximum Gasteiger partial charge on any atom is 0.325 e. The van der Waals surface area contributed by atoms with E-state index in [1.54, 1.807) is 16.7 Å². The molecule has 1 aromatic carbocycles. The van der Waals surface area contributed by atoms with Crippen LogP contribution in [0.2, 0.25) is 0 Å². The summed E-state index contributed by atoms with van der Waals surface area (Å²) in [6.45, 7) is 0.0817. The molecule has 1 aliphatic carbocycles. The largest absolute Gasteiger partial charge is 0.468 e. The molecule has 0 N–H and O–H groups in total. The van der Waals surface area contributed by atoms with Crippen molar-refractivity contribution in [1.29, 1.82) is 0 Å². The molecule has 0 bridgehead atoms. The molecule has 1 aliphatic heterocycles. The Kier molecular flexibility index (Phi) is 4.43. The van der Waals surface area contributed by atoms with Crippen LogP contribution in [0.15, 0.2) is 30.3 Å². The van der Waals surface area contributed by atoms with Crippen molar-refractivity contribution in [1.82, 2.24) is 4.90 Å².